The molecule has 8 aromatic rings. The Morgan fingerprint density at radius 2 is 0.397 bits per heavy atom. The molecule has 8 rings (SSSR count). The van der Waals surface area contributed by atoms with Crippen LogP contribution in [0, 0.1) is 0 Å². The van der Waals surface area contributed by atoms with E-state index in [2.05, 4.69) is 0 Å². The molecular formula is C52H30F16. The molecule has 0 aliphatic rings. The number of benzene rings is 8. The lowest BCUT2D eigenvalue weighted by molar-refractivity contribution is -0.456. The first-order chi connectivity index (χ1) is 31.8. The minimum absolute atomic E-state index is 0.0317. The lowest BCUT2D eigenvalue weighted by Gasteiger charge is -2.43. The predicted molar refractivity (Wildman–Crippen MR) is 227 cm³/mol. The summed E-state index contributed by atoms with van der Waals surface area (Å²) in [5.74, 6) is -62.6. The molecule has 68 heavy (non-hydrogen) atoms. The van der Waals surface area contributed by atoms with Crippen molar-refractivity contribution >= 4 is 21.5 Å². The third-order valence-electron chi connectivity index (χ3n) is 11.9. The summed E-state index contributed by atoms with van der Waals surface area (Å²) in [6.45, 7) is 0. The Morgan fingerprint density at radius 1 is 0.191 bits per heavy atom. The maximum atomic E-state index is 15.4. The lowest BCUT2D eigenvalue weighted by Crippen LogP contribution is -2.74. The van der Waals surface area contributed by atoms with E-state index < -0.39 is 58.5 Å². The van der Waals surface area contributed by atoms with Gasteiger partial charge in [-0.1, -0.05) is 182 Å². The minimum atomic E-state index is -8.56. The molecule has 0 nitrogen and oxygen atoms in total. The molecule has 8 aromatic carbocycles. The highest BCUT2D eigenvalue weighted by molar-refractivity contribution is 6.06. The van der Waals surface area contributed by atoms with Crippen LogP contribution in [0.2, 0.25) is 0 Å². The Morgan fingerprint density at radius 3 is 0.647 bits per heavy atom. The molecule has 16 heteroatoms. The van der Waals surface area contributed by atoms with Crippen molar-refractivity contribution in [2.45, 2.75) is 47.4 Å². The Balaban J connectivity index is 1.07. The number of halogens is 16. The smallest absolute Gasteiger partial charge is 0.194 e. The lowest BCUT2D eigenvalue weighted by atomic mass is 9.84. The van der Waals surface area contributed by atoms with Crippen LogP contribution in [0.1, 0.15) is 11.1 Å². The third kappa shape index (κ3) is 7.08. The van der Waals surface area contributed by atoms with Gasteiger partial charge in [-0.25, -0.2) is 0 Å². The van der Waals surface area contributed by atoms with Crippen molar-refractivity contribution in [2.24, 2.45) is 0 Å². The van der Waals surface area contributed by atoms with Gasteiger partial charge in [0.1, 0.15) is 0 Å². The molecule has 0 saturated carbocycles. The summed E-state index contributed by atoms with van der Waals surface area (Å²) in [7, 11) is 0. The van der Waals surface area contributed by atoms with Gasteiger partial charge < -0.3 is 0 Å². The summed E-state index contributed by atoms with van der Waals surface area (Å²) in [5, 5.41) is 2.14. The zero-order valence-corrected chi connectivity index (χ0v) is 34.4. The second kappa shape index (κ2) is 16.4. The Labute approximate surface area is 376 Å². The Hall–Kier alpha value is -6.84. The highest BCUT2D eigenvalue weighted by Gasteiger charge is 2.95. The third-order valence-corrected chi connectivity index (χ3v) is 11.9. The van der Waals surface area contributed by atoms with Crippen LogP contribution >= 0.6 is 0 Å². The van der Waals surface area contributed by atoms with Gasteiger partial charge in [0, 0.05) is 11.1 Å². The van der Waals surface area contributed by atoms with Gasteiger partial charge in [-0.15, -0.1) is 0 Å². The van der Waals surface area contributed by atoms with Crippen LogP contribution in [0.3, 0.4) is 0 Å². The highest BCUT2D eigenvalue weighted by atomic mass is 19.4. The van der Waals surface area contributed by atoms with Crippen molar-refractivity contribution < 1.29 is 70.2 Å². The average molecular weight is 959 g/mol. The fourth-order valence-corrected chi connectivity index (χ4v) is 8.10. The summed E-state index contributed by atoms with van der Waals surface area (Å²) in [4.78, 5) is 0. The predicted octanol–water partition coefficient (Wildman–Crippen LogP) is 17.4. The van der Waals surface area contributed by atoms with Crippen LogP contribution in [0.25, 0.3) is 66.1 Å². The summed E-state index contributed by atoms with van der Waals surface area (Å²) < 4.78 is 243. The van der Waals surface area contributed by atoms with Crippen LogP contribution in [-0.2, 0) is 11.8 Å². The largest absolute Gasteiger partial charge is 0.385 e. The van der Waals surface area contributed by atoms with Crippen molar-refractivity contribution in [3.8, 4) is 44.5 Å². The quantitative estimate of drug-likeness (QED) is 0.101. The first-order valence-corrected chi connectivity index (χ1v) is 20.2. The van der Waals surface area contributed by atoms with E-state index in [4.69, 9.17) is 0 Å². The van der Waals surface area contributed by atoms with Crippen LogP contribution in [0.5, 0.6) is 0 Å². The minimum Gasteiger partial charge on any atom is -0.194 e. The molecule has 0 fully saturated rings. The Kier molecular flexibility index (Phi) is 11.5. The van der Waals surface area contributed by atoms with Crippen LogP contribution < -0.4 is 0 Å². The molecule has 0 aliphatic carbocycles. The number of rotatable bonds is 13. The average Bonchev–Trinajstić information content (AvgIpc) is 3.33. The molecule has 0 bridgehead atoms. The maximum absolute atomic E-state index is 15.4. The molecule has 0 aliphatic heterocycles. The molecule has 0 saturated heterocycles. The first-order valence-electron chi connectivity index (χ1n) is 20.2. The van der Waals surface area contributed by atoms with Crippen molar-refractivity contribution in [3.05, 3.63) is 193 Å². The van der Waals surface area contributed by atoms with E-state index >= 15 is 70.2 Å². The van der Waals surface area contributed by atoms with Gasteiger partial charge >= 0.3 is 47.4 Å². The van der Waals surface area contributed by atoms with Gasteiger partial charge in [0.2, 0.25) is 0 Å². The molecule has 0 radical (unpaired) electrons. The van der Waals surface area contributed by atoms with Gasteiger partial charge in [0.25, 0.3) is 0 Å². The molecule has 350 valence electrons. The monoisotopic (exact) mass is 958 g/mol. The maximum Gasteiger partial charge on any atom is 0.385 e. The molecule has 0 spiro atoms. The van der Waals surface area contributed by atoms with Gasteiger partial charge in [-0.2, -0.15) is 70.2 Å². The summed E-state index contributed by atoms with van der Waals surface area (Å²) in [5.41, 5.74) is -1.07. The standard InChI is InChI=1S/C52H30F16/c53-45(54,35-23-19-33(20-24-35)39-29-27-37(31-11-3-1-4-12-31)41-15-7-9-17-43(39)41)47(57,58)49(61,62)51(65,66)52(67,68)50(63,64)48(59,60)46(55,56)36-25-21-34(22-26-36)40-30-28-38(32-13-5-2-6-14-32)42-16-8-10-18-44(40)42/h1-30H. The SMILES string of the molecule is FC(F)(c1ccc(-c2ccc(-c3ccccc3)c3ccccc23)cc1)C(F)(F)C(F)(F)C(F)(F)C(F)(F)C(F)(F)C(F)(F)C(F)(F)c1ccc(-c2ccc(-c3ccccc3)c3ccccc23)cc1. The molecular weight excluding hydrogens is 929 g/mol. The first kappa shape index (κ1) is 47.6. The van der Waals surface area contributed by atoms with E-state index in [1.165, 1.54) is 12.1 Å². The van der Waals surface area contributed by atoms with E-state index in [0.29, 0.717) is 56.9 Å². The van der Waals surface area contributed by atoms with Gasteiger partial charge in [0.05, 0.1) is 0 Å². The van der Waals surface area contributed by atoms with E-state index in [0.717, 1.165) is 11.1 Å². The van der Waals surface area contributed by atoms with E-state index in [-0.39, 0.29) is 46.5 Å². The molecule has 0 heterocycles. The molecule has 0 unspecified atom stereocenters. The van der Waals surface area contributed by atoms with Crippen LogP contribution in [0.15, 0.2) is 182 Å². The summed E-state index contributed by atoms with van der Waals surface area (Å²) in [6, 6.07) is 39.8. The van der Waals surface area contributed by atoms with Gasteiger partial charge in [-0.3, -0.25) is 0 Å². The number of alkyl halides is 16. The van der Waals surface area contributed by atoms with Crippen LogP contribution in [0.4, 0.5) is 70.2 Å². The summed E-state index contributed by atoms with van der Waals surface area (Å²) >= 11 is 0. The van der Waals surface area contributed by atoms with E-state index in [1.54, 1.807) is 121 Å². The van der Waals surface area contributed by atoms with Crippen molar-refractivity contribution in [2.75, 3.05) is 0 Å². The van der Waals surface area contributed by atoms with Gasteiger partial charge in [-0.05, 0) is 66.1 Å². The second-order valence-corrected chi connectivity index (χ2v) is 15.9. The van der Waals surface area contributed by atoms with Gasteiger partial charge in [0.15, 0.2) is 0 Å². The summed E-state index contributed by atoms with van der Waals surface area (Å²) in [6.07, 6.45) is 0. The Bertz CT molecular complexity index is 2900. The molecule has 0 atom stereocenters. The molecule has 0 amide bonds. The topological polar surface area (TPSA) is 0 Å². The van der Waals surface area contributed by atoms with Crippen molar-refractivity contribution in [1.29, 1.82) is 0 Å². The zero-order chi connectivity index (χ0) is 49.3. The fraction of sp³-hybridized carbons (Fsp3) is 0.154. The second-order valence-electron chi connectivity index (χ2n) is 15.9. The number of fused-ring (bicyclic) bond motifs is 2. The highest BCUT2D eigenvalue weighted by Crippen LogP contribution is 2.66. The molecule has 0 N–H and O–H groups in total. The van der Waals surface area contributed by atoms with E-state index in [1.807, 2.05) is 0 Å². The van der Waals surface area contributed by atoms with Crippen LogP contribution in [-0.4, -0.2) is 35.5 Å². The number of hydrogen-bond acceptors (Lipinski definition) is 0. The van der Waals surface area contributed by atoms with Crippen molar-refractivity contribution in [3.63, 3.8) is 0 Å². The van der Waals surface area contributed by atoms with E-state index in [9.17, 15) is 0 Å². The molecule has 0 aromatic heterocycles. The number of hydrogen-bond donors (Lipinski definition) is 0. The normalized spacial score (nSPS) is 13.6. The zero-order valence-electron chi connectivity index (χ0n) is 34.4. The fourth-order valence-electron chi connectivity index (χ4n) is 8.10. The van der Waals surface area contributed by atoms with Crippen molar-refractivity contribution in [1.82, 2.24) is 0 Å².